The number of hydrogen-bond acceptors (Lipinski definition) is 8. The molecule has 7 rings (SSSR count). The van der Waals surface area contributed by atoms with Crippen LogP contribution in [0.2, 0.25) is 0 Å². The number of Topliss-reactive ketones (excluding diaryl/α,β-unsaturated/α-hetero) is 2. The van der Waals surface area contributed by atoms with Crippen molar-refractivity contribution in [2.24, 2.45) is 0 Å². The minimum absolute atomic E-state index is 0.147. The molecule has 0 amide bonds. The lowest BCUT2D eigenvalue weighted by Gasteiger charge is -2.21. The highest BCUT2D eigenvalue weighted by atomic mass is 16.5. The van der Waals surface area contributed by atoms with Gasteiger partial charge >= 0.3 is 0 Å². The van der Waals surface area contributed by atoms with E-state index in [9.17, 15) is 9.59 Å². The molecule has 2 atom stereocenters. The monoisotopic (exact) mass is 506 g/mol. The van der Waals surface area contributed by atoms with Crippen molar-refractivity contribution >= 4 is 34.3 Å². The number of rotatable bonds is 2. The van der Waals surface area contributed by atoms with Crippen molar-refractivity contribution < 1.29 is 19.1 Å². The van der Waals surface area contributed by atoms with Gasteiger partial charge in [-0.2, -0.15) is 0 Å². The number of hydrogen-bond donors (Lipinski definition) is 4. The first kappa shape index (κ1) is 22.5. The van der Waals surface area contributed by atoms with E-state index in [1.165, 1.54) is 0 Å². The first-order chi connectivity index (χ1) is 18.3. The van der Waals surface area contributed by atoms with Gasteiger partial charge in [0.1, 0.15) is 11.4 Å². The fourth-order valence-electron chi connectivity index (χ4n) is 5.21. The molecule has 4 aliphatic heterocycles. The summed E-state index contributed by atoms with van der Waals surface area (Å²) >= 11 is 0. The average Bonchev–Trinajstić information content (AvgIpc) is 3.39. The molecule has 0 fully saturated rings. The Labute approximate surface area is 219 Å². The molecule has 190 valence electrons. The first-order valence-corrected chi connectivity index (χ1v) is 12.6. The topological polar surface area (TPSA) is 101 Å². The van der Waals surface area contributed by atoms with Gasteiger partial charge in [0.2, 0.25) is 23.3 Å². The molecule has 4 N–H and O–H groups in total. The van der Waals surface area contributed by atoms with Crippen LogP contribution in [0.4, 0.5) is 22.7 Å². The Balaban J connectivity index is 1.08. The number of carbonyl (C=O) groups is 2. The van der Waals surface area contributed by atoms with Crippen molar-refractivity contribution in [1.82, 2.24) is 0 Å². The summed E-state index contributed by atoms with van der Waals surface area (Å²) in [6, 6.07) is 15.4. The van der Waals surface area contributed by atoms with E-state index in [1.54, 1.807) is 0 Å². The van der Waals surface area contributed by atoms with E-state index in [0.29, 0.717) is 34.3 Å². The van der Waals surface area contributed by atoms with Crippen LogP contribution in [0.15, 0.2) is 71.7 Å². The van der Waals surface area contributed by atoms with Crippen LogP contribution in [0.25, 0.3) is 0 Å². The Kier molecular flexibility index (Phi) is 4.67. The highest BCUT2D eigenvalue weighted by Gasteiger charge is 2.41. The van der Waals surface area contributed by atoms with Crippen LogP contribution in [0.5, 0.6) is 0 Å². The van der Waals surface area contributed by atoms with Gasteiger partial charge in [-0.05, 0) is 74.2 Å². The lowest BCUT2D eigenvalue weighted by Crippen LogP contribution is -2.18. The third-order valence-electron chi connectivity index (χ3n) is 7.72. The predicted octanol–water partition coefficient (Wildman–Crippen LogP) is 5.61. The lowest BCUT2D eigenvalue weighted by atomic mass is 9.99. The fraction of sp³-hybridized carbons (Fsp3) is 0.200. The summed E-state index contributed by atoms with van der Waals surface area (Å²) in [5, 5.41) is 13.0. The van der Waals surface area contributed by atoms with E-state index in [4.69, 9.17) is 9.47 Å². The van der Waals surface area contributed by atoms with Gasteiger partial charge in [-0.1, -0.05) is 24.3 Å². The van der Waals surface area contributed by atoms with Crippen molar-refractivity contribution in [3.63, 3.8) is 0 Å². The molecule has 0 unspecified atom stereocenters. The Morgan fingerprint density at radius 3 is 1.18 bits per heavy atom. The molecule has 0 radical (unpaired) electrons. The molecule has 0 saturated heterocycles. The number of benzene rings is 3. The highest BCUT2D eigenvalue weighted by Crippen LogP contribution is 2.43. The van der Waals surface area contributed by atoms with Gasteiger partial charge in [0.25, 0.3) is 0 Å². The predicted molar refractivity (Wildman–Crippen MR) is 144 cm³/mol. The van der Waals surface area contributed by atoms with Crippen LogP contribution in [0.1, 0.15) is 45.6 Å². The zero-order valence-electron chi connectivity index (χ0n) is 21.4. The van der Waals surface area contributed by atoms with Crippen LogP contribution in [0.3, 0.4) is 0 Å². The molecule has 0 spiro atoms. The number of ether oxygens (including phenoxy) is 2. The molecule has 4 aliphatic rings. The number of carbonyl (C=O) groups excluding carboxylic acids is 2. The van der Waals surface area contributed by atoms with E-state index >= 15 is 0 Å². The molecule has 0 bridgehead atoms. The molecular formula is C30H26N4O4. The zero-order chi connectivity index (χ0) is 26.3. The van der Waals surface area contributed by atoms with Crippen molar-refractivity contribution in [2.45, 2.75) is 39.9 Å². The number of nitrogens with one attached hydrogen (secondary N) is 4. The van der Waals surface area contributed by atoms with Gasteiger partial charge in [0, 0.05) is 11.1 Å². The summed E-state index contributed by atoms with van der Waals surface area (Å²) in [6.07, 6.45) is -1.55. The highest BCUT2D eigenvalue weighted by molar-refractivity contribution is 6.07. The number of fused-ring (bicyclic) bond motifs is 2. The maximum atomic E-state index is 13.2. The maximum absolute atomic E-state index is 13.2. The van der Waals surface area contributed by atoms with Crippen LogP contribution < -0.4 is 21.3 Å². The van der Waals surface area contributed by atoms with Gasteiger partial charge in [-0.15, -0.1) is 0 Å². The quantitative estimate of drug-likeness (QED) is 0.356. The van der Waals surface area contributed by atoms with E-state index in [2.05, 4.69) is 21.3 Å². The molecule has 0 aliphatic carbocycles. The molecule has 8 heteroatoms. The molecule has 3 aromatic carbocycles. The summed E-state index contributed by atoms with van der Waals surface area (Å²) in [4.78, 5) is 26.5. The minimum Gasteiger partial charge on any atom is -0.461 e. The lowest BCUT2D eigenvalue weighted by molar-refractivity contribution is -0.122. The number of aryl methyl sites for hydroxylation is 4. The Morgan fingerprint density at radius 1 is 0.526 bits per heavy atom. The van der Waals surface area contributed by atoms with Crippen LogP contribution in [-0.4, -0.2) is 11.6 Å². The molecule has 38 heavy (non-hydrogen) atoms. The molecule has 0 aromatic heterocycles. The van der Waals surface area contributed by atoms with Crippen molar-refractivity contribution in [3.05, 3.63) is 105 Å². The zero-order valence-corrected chi connectivity index (χ0v) is 21.4. The van der Waals surface area contributed by atoms with Gasteiger partial charge in [-0.3, -0.25) is 9.59 Å². The standard InChI is InChI=1S/C30H26N4O4/c1-13-9-19-21(11-15(13)3)33-29-23(31-19)25(35)27(37-29)17-5-7-18(8-6-17)28-26(36)24-30(38-28)34-22-12-16(4)14(2)10-20(22)32-24/h5-12,27-28,31-34H,1-4H3/t27-,28+. The van der Waals surface area contributed by atoms with E-state index < -0.39 is 12.2 Å². The maximum Gasteiger partial charge on any atom is 0.229 e. The van der Waals surface area contributed by atoms with E-state index in [-0.39, 0.29) is 11.6 Å². The van der Waals surface area contributed by atoms with Crippen LogP contribution >= 0.6 is 0 Å². The smallest absolute Gasteiger partial charge is 0.229 e. The largest absolute Gasteiger partial charge is 0.461 e. The molecule has 8 nitrogen and oxygen atoms in total. The molecular weight excluding hydrogens is 480 g/mol. The van der Waals surface area contributed by atoms with Gasteiger partial charge in [-0.25, -0.2) is 0 Å². The summed E-state index contributed by atoms with van der Waals surface area (Å²) in [7, 11) is 0. The number of ketones is 2. The van der Waals surface area contributed by atoms with Crippen molar-refractivity contribution in [2.75, 3.05) is 21.3 Å². The van der Waals surface area contributed by atoms with Crippen molar-refractivity contribution in [3.8, 4) is 0 Å². The summed E-state index contributed by atoms with van der Waals surface area (Å²) < 4.78 is 12.1. The van der Waals surface area contributed by atoms with E-state index in [1.807, 2.05) is 76.2 Å². The minimum atomic E-state index is -0.776. The third-order valence-corrected chi connectivity index (χ3v) is 7.72. The van der Waals surface area contributed by atoms with E-state index in [0.717, 1.165) is 45.0 Å². The molecule has 3 aromatic rings. The first-order valence-electron chi connectivity index (χ1n) is 12.6. The van der Waals surface area contributed by atoms with Crippen molar-refractivity contribution in [1.29, 1.82) is 0 Å². The fourth-order valence-corrected chi connectivity index (χ4v) is 5.21. The Bertz CT molecular complexity index is 1530. The van der Waals surface area contributed by atoms with Gasteiger partial charge < -0.3 is 30.7 Å². The third kappa shape index (κ3) is 3.30. The SMILES string of the molecule is Cc1cc2c(cc1C)NC1=C(N2)O[C@@H](c2ccc([C@H]3OC4=C(Nc5cc(C)c(C)cc5N4)C3=O)cc2)C1=O. The normalized spacial score (nSPS) is 20.7. The second-order valence-corrected chi connectivity index (χ2v) is 10.3. The van der Waals surface area contributed by atoms with Crippen LogP contribution in [0, 0.1) is 27.7 Å². The summed E-state index contributed by atoms with van der Waals surface area (Å²) in [5.41, 5.74) is 10.3. The molecule has 4 heterocycles. The Morgan fingerprint density at radius 2 is 0.842 bits per heavy atom. The Hall–Kier alpha value is -4.72. The summed E-state index contributed by atoms with van der Waals surface area (Å²) in [6.45, 7) is 8.17. The summed E-state index contributed by atoms with van der Waals surface area (Å²) in [5.74, 6) is 0.554. The van der Waals surface area contributed by atoms with Crippen LogP contribution in [-0.2, 0) is 19.1 Å². The second kappa shape index (κ2) is 7.89. The average molecular weight is 507 g/mol. The second-order valence-electron chi connectivity index (χ2n) is 10.3. The van der Waals surface area contributed by atoms with Gasteiger partial charge in [0.05, 0.1) is 22.7 Å². The number of anilines is 4. The van der Waals surface area contributed by atoms with Gasteiger partial charge in [0.15, 0.2) is 12.2 Å². The molecule has 0 saturated carbocycles.